The van der Waals surface area contributed by atoms with Gasteiger partial charge in [-0.25, -0.2) is 0 Å². The Labute approximate surface area is 94.5 Å². The molecule has 1 rings (SSSR count). The van der Waals surface area contributed by atoms with Gasteiger partial charge in [0.25, 0.3) is 0 Å². The van der Waals surface area contributed by atoms with Crippen LogP contribution in [0.1, 0.15) is 39.4 Å². The van der Waals surface area contributed by atoms with E-state index in [4.69, 9.17) is 18.0 Å². The van der Waals surface area contributed by atoms with E-state index in [0.717, 1.165) is 5.69 Å². The summed E-state index contributed by atoms with van der Waals surface area (Å²) in [5.41, 5.74) is 6.20. The molecule has 0 bridgehead atoms. The number of hydrogen-bond acceptors (Lipinski definition) is 2. The zero-order chi connectivity index (χ0) is 11.8. The van der Waals surface area contributed by atoms with Gasteiger partial charge in [-0.05, 0) is 19.1 Å². The van der Waals surface area contributed by atoms with Crippen molar-refractivity contribution in [3.8, 4) is 0 Å². The fourth-order valence-electron chi connectivity index (χ4n) is 1.47. The molecule has 3 N–H and O–H groups in total. The first-order valence-corrected chi connectivity index (χ1v) is 5.25. The summed E-state index contributed by atoms with van der Waals surface area (Å²) in [4.78, 5) is 14.1. The number of nitrogens with two attached hydrogens (primary N) is 1. The van der Waals surface area contributed by atoms with E-state index >= 15 is 0 Å². The SMILES string of the molecule is CC(C(N)=O)n1c(C(C)(C)C)c[nH]c1=S. The Kier molecular flexibility index (Phi) is 3.04. The van der Waals surface area contributed by atoms with Crippen molar-refractivity contribution in [1.29, 1.82) is 0 Å². The number of H-pyrrole nitrogens is 1. The molecule has 15 heavy (non-hydrogen) atoms. The van der Waals surface area contributed by atoms with Crippen molar-refractivity contribution in [3.63, 3.8) is 0 Å². The molecule has 1 heterocycles. The maximum Gasteiger partial charge on any atom is 0.240 e. The molecule has 0 spiro atoms. The van der Waals surface area contributed by atoms with Crippen LogP contribution >= 0.6 is 12.2 Å². The van der Waals surface area contributed by atoms with Gasteiger partial charge in [-0.3, -0.25) is 4.79 Å². The summed E-state index contributed by atoms with van der Waals surface area (Å²) in [6.45, 7) is 7.95. The molecule has 0 saturated heterocycles. The quantitative estimate of drug-likeness (QED) is 0.758. The second-order valence-corrected chi connectivity index (χ2v) is 5.06. The highest BCUT2D eigenvalue weighted by Crippen LogP contribution is 2.25. The van der Waals surface area contributed by atoms with E-state index < -0.39 is 6.04 Å². The van der Waals surface area contributed by atoms with Crippen molar-refractivity contribution < 1.29 is 4.79 Å². The first-order chi connectivity index (χ1) is 6.75. The molecule has 1 aromatic rings. The zero-order valence-electron chi connectivity index (χ0n) is 9.50. The van der Waals surface area contributed by atoms with Crippen molar-refractivity contribution in [1.82, 2.24) is 9.55 Å². The van der Waals surface area contributed by atoms with Gasteiger partial charge in [-0.1, -0.05) is 20.8 Å². The Balaban J connectivity index is 3.34. The number of primary amides is 1. The van der Waals surface area contributed by atoms with Crippen molar-refractivity contribution in [2.75, 3.05) is 0 Å². The molecular formula is C10H17N3OS. The zero-order valence-corrected chi connectivity index (χ0v) is 10.3. The van der Waals surface area contributed by atoms with Crippen LogP contribution in [0, 0.1) is 4.77 Å². The van der Waals surface area contributed by atoms with E-state index in [1.165, 1.54) is 0 Å². The lowest BCUT2D eigenvalue weighted by Crippen LogP contribution is -2.28. The number of carbonyl (C=O) groups excluding carboxylic acids is 1. The van der Waals surface area contributed by atoms with Gasteiger partial charge < -0.3 is 15.3 Å². The van der Waals surface area contributed by atoms with Crippen LogP contribution in [0.2, 0.25) is 0 Å². The number of aromatic amines is 1. The number of rotatable bonds is 2. The third-order valence-corrected chi connectivity index (χ3v) is 2.69. The Bertz CT molecular complexity index is 425. The number of imidazole rings is 1. The van der Waals surface area contributed by atoms with Gasteiger partial charge in [0.1, 0.15) is 6.04 Å². The predicted octanol–water partition coefficient (Wildman–Crippen LogP) is 1.89. The number of amides is 1. The third-order valence-electron chi connectivity index (χ3n) is 2.38. The maximum atomic E-state index is 11.2. The molecule has 0 aliphatic heterocycles. The first kappa shape index (κ1) is 12.0. The van der Waals surface area contributed by atoms with Gasteiger partial charge in [0, 0.05) is 17.3 Å². The van der Waals surface area contributed by atoms with E-state index in [9.17, 15) is 4.79 Å². The number of carbonyl (C=O) groups is 1. The molecule has 0 aliphatic rings. The molecular weight excluding hydrogens is 210 g/mol. The normalized spacial score (nSPS) is 13.9. The van der Waals surface area contributed by atoms with E-state index in [-0.39, 0.29) is 11.3 Å². The van der Waals surface area contributed by atoms with Gasteiger partial charge in [-0.15, -0.1) is 0 Å². The molecule has 0 saturated carbocycles. The Hall–Kier alpha value is -1.10. The topological polar surface area (TPSA) is 63.8 Å². The van der Waals surface area contributed by atoms with Crippen molar-refractivity contribution in [3.05, 3.63) is 16.7 Å². The number of hydrogen-bond donors (Lipinski definition) is 2. The van der Waals surface area contributed by atoms with Crippen LogP contribution in [-0.2, 0) is 10.2 Å². The second kappa shape index (κ2) is 3.81. The molecule has 1 amide bonds. The van der Waals surface area contributed by atoms with Crippen LogP contribution in [0.15, 0.2) is 6.20 Å². The highest BCUT2D eigenvalue weighted by atomic mass is 32.1. The molecule has 0 fully saturated rings. The summed E-state index contributed by atoms with van der Waals surface area (Å²) in [6.07, 6.45) is 1.84. The summed E-state index contributed by atoms with van der Waals surface area (Å²) in [7, 11) is 0. The molecule has 1 unspecified atom stereocenters. The molecule has 0 radical (unpaired) electrons. The highest BCUT2D eigenvalue weighted by Gasteiger charge is 2.23. The fraction of sp³-hybridized carbons (Fsp3) is 0.600. The summed E-state index contributed by atoms with van der Waals surface area (Å²) >= 11 is 5.14. The first-order valence-electron chi connectivity index (χ1n) is 4.85. The van der Waals surface area contributed by atoms with Crippen LogP contribution < -0.4 is 5.73 Å². The highest BCUT2D eigenvalue weighted by molar-refractivity contribution is 7.71. The van der Waals surface area contributed by atoms with Gasteiger partial charge >= 0.3 is 0 Å². The van der Waals surface area contributed by atoms with Crippen LogP contribution in [0.4, 0.5) is 0 Å². The van der Waals surface area contributed by atoms with E-state index in [0.29, 0.717) is 4.77 Å². The maximum absolute atomic E-state index is 11.2. The van der Waals surface area contributed by atoms with Crippen molar-refractivity contribution in [2.24, 2.45) is 5.73 Å². The predicted molar refractivity (Wildman–Crippen MR) is 62.2 cm³/mol. The summed E-state index contributed by atoms with van der Waals surface area (Å²) in [6, 6.07) is -0.419. The van der Waals surface area contributed by atoms with Crippen LogP contribution in [0.3, 0.4) is 0 Å². The van der Waals surface area contributed by atoms with Gasteiger partial charge in [0.05, 0.1) is 0 Å². The van der Waals surface area contributed by atoms with Crippen LogP contribution in [-0.4, -0.2) is 15.5 Å². The Morgan fingerprint density at radius 1 is 1.60 bits per heavy atom. The molecule has 1 atom stereocenters. The summed E-state index contributed by atoms with van der Waals surface area (Å²) in [5.74, 6) is -0.379. The Morgan fingerprint density at radius 3 is 2.53 bits per heavy atom. The van der Waals surface area contributed by atoms with Gasteiger partial charge in [0.2, 0.25) is 5.91 Å². The van der Waals surface area contributed by atoms with E-state index in [1.54, 1.807) is 11.5 Å². The van der Waals surface area contributed by atoms with Crippen LogP contribution in [0.25, 0.3) is 0 Å². The molecule has 0 aliphatic carbocycles. The van der Waals surface area contributed by atoms with Crippen molar-refractivity contribution in [2.45, 2.75) is 39.2 Å². The lowest BCUT2D eigenvalue weighted by Gasteiger charge is -2.23. The minimum absolute atomic E-state index is 0.0722. The lowest BCUT2D eigenvalue weighted by atomic mass is 9.92. The largest absolute Gasteiger partial charge is 0.368 e. The van der Waals surface area contributed by atoms with E-state index in [2.05, 4.69) is 25.8 Å². The summed E-state index contributed by atoms with van der Waals surface area (Å²) in [5, 5.41) is 0. The molecule has 4 nitrogen and oxygen atoms in total. The number of aromatic nitrogens is 2. The second-order valence-electron chi connectivity index (χ2n) is 4.68. The molecule has 1 aromatic heterocycles. The Morgan fingerprint density at radius 2 is 2.13 bits per heavy atom. The number of nitrogens with zero attached hydrogens (tertiary/aromatic N) is 1. The minimum atomic E-state index is -0.419. The number of nitrogens with one attached hydrogen (secondary N) is 1. The monoisotopic (exact) mass is 227 g/mol. The summed E-state index contributed by atoms with van der Waals surface area (Å²) < 4.78 is 2.31. The molecule has 5 heteroatoms. The smallest absolute Gasteiger partial charge is 0.240 e. The average molecular weight is 227 g/mol. The minimum Gasteiger partial charge on any atom is -0.368 e. The third kappa shape index (κ3) is 2.28. The molecule has 84 valence electrons. The van der Waals surface area contributed by atoms with Gasteiger partial charge in [-0.2, -0.15) is 0 Å². The fourth-order valence-corrected chi connectivity index (χ4v) is 1.78. The average Bonchev–Trinajstić information content (AvgIpc) is 2.44. The lowest BCUT2D eigenvalue weighted by molar-refractivity contribution is -0.120. The van der Waals surface area contributed by atoms with Crippen molar-refractivity contribution >= 4 is 18.1 Å². The van der Waals surface area contributed by atoms with E-state index in [1.807, 2.05) is 6.20 Å². The van der Waals surface area contributed by atoms with Crippen LogP contribution in [0.5, 0.6) is 0 Å². The standard InChI is InChI=1S/C10H17N3OS/c1-6(8(11)14)13-7(10(2,3)4)5-12-9(13)15/h5-6H,1-4H3,(H2,11,14)(H,12,15). The van der Waals surface area contributed by atoms with Gasteiger partial charge in [0.15, 0.2) is 4.77 Å². The molecule has 0 aromatic carbocycles.